The minimum Gasteiger partial charge on any atom is -0.396 e. The molecule has 3 N–H and O–H groups in total. The molecule has 1 aromatic heterocycles. The average molecular weight is 280 g/mol. The van der Waals surface area contributed by atoms with Gasteiger partial charge in [-0.25, -0.2) is 0 Å². The molecule has 0 unspecified atom stereocenters. The molecule has 2 rings (SSSR count). The van der Waals surface area contributed by atoms with Gasteiger partial charge in [0.15, 0.2) is 0 Å². The fraction of sp³-hybridized carbons (Fsp3) is 0.769. The molecule has 1 aliphatic carbocycles. The molecule has 0 atom stereocenters. The van der Waals surface area contributed by atoms with Gasteiger partial charge in [-0.1, -0.05) is 12.8 Å². The molecule has 1 heterocycles. The summed E-state index contributed by atoms with van der Waals surface area (Å²) in [5.41, 5.74) is -0.0231. The van der Waals surface area contributed by atoms with E-state index in [1.54, 1.807) is 7.05 Å². The summed E-state index contributed by atoms with van der Waals surface area (Å²) in [5.74, 6) is 1.69. The summed E-state index contributed by atoms with van der Waals surface area (Å²) in [6.45, 7) is 0.911. The lowest BCUT2D eigenvalue weighted by Gasteiger charge is -2.26. The molecule has 20 heavy (non-hydrogen) atoms. The standard InChI is InChI=1S/C13H24N6O/c1-14-10-16-11(18-12(17-10)19(2)3)15-8-13(9-20)6-4-5-7-13/h20H,4-9H2,1-3H3,(H2,14,15,16,17,18). The van der Waals surface area contributed by atoms with Crippen molar-refractivity contribution in [1.29, 1.82) is 0 Å². The van der Waals surface area contributed by atoms with E-state index in [9.17, 15) is 5.11 Å². The zero-order chi connectivity index (χ0) is 14.6. The highest BCUT2D eigenvalue weighted by Gasteiger charge is 2.33. The maximum atomic E-state index is 9.62. The van der Waals surface area contributed by atoms with Gasteiger partial charge in [0.1, 0.15) is 0 Å². The molecule has 0 aromatic carbocycles. The highest BCUT2D eigenvalue weighted by molar-refractivity contribution is 5.42. The Bertz CT molecular complexity index is 444. The molecule has 1 aromatic rings. The first-order valence-corrected chi connectivity index (χ1v) is 7.04. The number of anilines is 3. The van der Waals surface area contributed by atoms with Gasteiger partial charge in [-0.3, -0.25) is 0 Å². The molecule has 112 valence electrons. The molecule has 0 saturated heterocycles. The Hall–Kier alpha value is -1.63. The Morgan fingerprint density at radius 3 is 2.35 bits per heavy atom. The highest BCUT2D eigenvalue weighted by atomic mass is 16.3. The maximum absolute atomic E-state index is 9.62. The van der Waals surface area contributed by atoms with E-state index in [0.717, 1.165) is 12.8 Å². The van der Waals surface area contributed by atoms with Crippen molar-refractivity contribution in [1.82, 2.24) is 15.0 Å². The Morgan fingerprint density at radius 1 is 1.15 bits per heavy atom. The second-order valence-corrected chi connectivity index (χ2v) is 5.65. The normalized spacial score (nSPS) is 17.0. The fourth-order valence-corrected chi connectivity index (χ4v) is 2.54. The van der Waals surface area contributed by atoms with Crippen molar-refractivity contribution < 1.29 is 5.11 Å². The van der Waals surface area contributed by atoms with Gasteiger partial charge in [0.2, 0.25) is 17.8 Å². The first-order valence-electron chi connectivity index (χ1n) is 7.04. The number of rotatable bonds is 6. The van der Waals surface area contributed by atoms with Crippen LogP contribution in [0.2, 0.25) is 0 Å². The minimum absolute atomic E-state index is 0.0231. The summed E-state index contributed by atoms with van der Waals surface area (Å²) in [6, 6.07) is 0. The molecule has 7 heteroatoms. The van der Waals surface area contributed by atoms with Crippen LogP contribution in [0.4, 0.5) is 17.8 Å². The molecule has 0 spiro atoms. The van der Waals surface area contributed by atoms with Gasteiger partial charge in [-0.15, -0.1) is 0 Å². The van der Waals surface area contributed by atoms with Crippen LogP contribution in [0.5, 0.6) is 0 Å². The first-order chi connectivity index (χ1) is 9.58. The maximum Gasteiger partial charge on any atom is 0.231 e. The van der Waals surface area contributed by atoms with Crippen LogP contribution in [0.3, 0.4) is 0 Å². The monoisotopic (exact) mass is 280 g/mol. The summed E-state index contributed by atoms with van der Waals surface area (Å²) in [5, 5.41) is 15.8. The average Bonchev–Trinajstić information content (AvgIpc) is 2.94. The van der Waals surface area contributed by atoms with E-state index in [4.69, 9.17) is 0 Å². The molecule has 7 nitrogen and oxygen atoms in total. The Morgan fingerprint density at radius 2 is 1.80 bits per heavy atom. The number of aliphatic hydroxyl groups is 1. The van der Waals surface area contributed by atoms with Crippen LogP contribution in [0.15, 0.2) is 0 Å². The second-order valence-electron chi connectivity index (χ2n) is 5.65. The van der Waals surface area contributed by atoms with E-state index < -0.39 is 0 Å². The van der Waals surface area contributed by atoms with Crippen molar-refractivity contribution in [2.24, 2.45) is 5.41 Å². The third-order valence-corrected chi connectivity index (χ3v) is 3.87. The van der Waals surface area contributed by atoms with Crippen LogP contribution in [0.1, 0.15) is 25.7 Å². The molecule has 0 aliphatic heterocycles. The molecule has 1 fully saturated rings. The zero-order valence-electron chi connectivity index (χ0n) is 12.5. The van der Waals surface area contributed by atoms with Gasteiger partial charge in [0.05, 0.1) is 6.61 Å². The molecule has 0 radical (unpaired) electrons. The zero-order valence-corrected chi connectivity index (χ0v) is 12.5. The summed E-state index contributed by atoms with van der Waals surface area (Å²) < 4.78 is 0. The van der Waals surface area contributed by atoms with Gasteiger partial charge in [0, 0.05) is 33.1 Å². The predicted molar refractivity (Wildman–Crippen MR) is 80.2 cm³/mol. The predicted octanol–water partition coefficient (Wildman–Crippen LogP) is 0.944. The number of nitrogens with one attached hydrogen (secondary N) is 2. The van der Waals surface area contributed by atoms with Gasteiger partial charge in [-0.05, 0) is 12.8 Å². The SMILES string of the molecule is CNc1nc(NCC2(CO)CCCC2)nc(N(C)C)n1. The van der Waals surface area contributed by atoms with E-state index in [0.29, 0.717) is 24.4 Å². The van der Waals surface area contributed by atoms with Crippen molar-refractivity contribution in [3.05, 3.63) is 0 Å². The summed E-state index contributed by atoms with van der Waals surface area (Å²) >= 11 is 0. The van der Waals surface area contributed by atoms with E-state index in [-0.39, 0.29) is 12.0 Å². The largest absolute Gasteiger partial charge is 0.396 e. The minimum atomic E-state index is -0.0231. The van der Waals surface area contributed by atoms with E-state index in [2.05, 4.69) is 25.6 Å². The van der Waals surface area contributed by atoms with E-state index >= 15 is 0 Å². The quantitative estimate of drug-likeness (QED) is 0.715. The van der Waals surface area contributed by atoms with Crippen molar-refractivity contribution >= 4 is 17.8 Å². The Kier molecular flexibility index (Phi) is 4.59. The number of aliphatic hydroxyl groups excluding tert-OH is 1. The molecule has 0 amide bonds. The van der Waals surface area contributed by atoms with Crippen LogP contribution in [0.25, 0.3) is 0 Å². The van der Waals surface area contributed by atoms with Crippen molar-refractivity contribution in [2.45, 2.75) is 25.7 Å². The van der Waals surface area contributed by atoms with Gasteiger partial charge in [-0.2, -0.15) is 15.0 Å². The number of aromatic nitrogens is 3. The lowest BCUT2D eigenvalue weighted by atomic mass is 9.87. The van der Waals surface area contributed by atoms with Crippen LogP contribution in [0, 0.1) is 5.41 Å². The Labute approximate surface area is 119 Å². The smallest absolute Gasteiger partial charge is 0.231 e. The third-order valence-electron chi connectivity index (χ3n) is 3.87. The van der Waals surface area contributed by atoms with Crippen LogP contribution in [-0.2, 0) is 0 Å². The van der Waals surface area contributed by atoms with Crippen molar-refractivity contribution in [2.75, 3.05) is 49.8 Å². The van der Waals surface area contributed by atoms with Gasteiger partial charge in [0.25, 0.3) is 0 Å². The van der Waals surface area contributed by atoms with Crippen molar-refractivity contribution in [3.63, 3.8) is 0 Å². The highest BCUT2D eigenvalue weighted by Crippen LogP contribution is 2.37. The number of hydrogen-bond acceptors (Lipinski definition) is 7. The van der Waals surface area contributed by atoms with Crippen LogP contribution < -0.4 is 15.5 Å². The van der Waals surface area contributed by atoms with E-state index in [1.165, 1.54) is 12.8 Å². The topological polar surface area (TPSA) is 86.2 Å². The Balaban J connectivity index is 2.10. The van der Waals surface area contributed by atoms with Crippen molar-refractivity contribution in [3.8, 4) is 0 Å². The molecule has 1 aliphatic rings. The van der Waals surface area contributed by atoms with Gasteiger partial charge >= 0.3 is 0 Å². The van der Waals surface area contributed by atoms with Crippen LogP contribution >= 0.6 is 0 Å². The lowest BCUT2D eigenvalue weighted by Crippen LogP contribution is -2.31. The number of nitrogens with zero attached hydrogens (tertiary/aromatic N) is 4. The summed E-state index contributed by atoms with van der Waals surface area (Å²) in [6.07, 6.45) is 4.48. The summed E-state index contributed by atoms with van der Waals surface area (Å²) in [4.78, 5) is 14.8. The molecule has 0 bridgehead atoms. The fourth-order valence-electron chi connectivity index (χ4n) is 2.54. The molecule has 1 saturated carbocycles. The second kappa shape index (κ2) is 6.21. The molecular weight excluding hydrogens is 256 g/mol. The number of hydrogen-bond donors (Lipinski definition) is 3. The first kappa shape index (κ1) is 14.8. The van der Waals surface area contributed by atoms with Gasteiger partial charge < -0.3 is 20.6 Å². The third kappa shape index (κ3) is 3.27. The van der Waals surface area contributed by atoms with E-state index in [1.807, 2.05) is 19.0 Å². The molecular formula is C13H24N6O. The lowest BCUT2D eigenvalue weighted by molar-refractivity contribution is 0.142. The van der Waals surface area contributed by atoms with Crippen LogP contribution in [-0.4, -0.2) is 54.4 Å². The summed E-state index contributed by atoms with van der Waals surface area (Å²) in [7, 11) is 5.57.